The normalized spacial score (nSPS) is 32.7. The number of ether oxygens (including phenoxy) is 2. The van der Waals surface area contributed by atoms with E-state index < -0.39 is 5.79 Å². The molecule has 0 N–H and O–H groups in total. The Morgan fingerprint density at radius 3 is 2.58 bits per heavy atom. The fourth-order valence-corrected chi connectivity index (χ4v) is 3.40. The first kappa shape index (κ1) is 13.1. The summed E-state index contributed by atoms with van der Waals surface area (Å²) in [5.74, 6) is -0.642. The van der Waals surface area contributed by atoms with Gasteiger partial charge in [-0.3, -0.25) is 0 Å². The van der Waals surface area contributed by atoms with E-state index in [9.17, 15) is 5.21 Å². The molecule has 0 aliphatic carbocycles. The zero-order valence-electron chi connectivity index (χ0n) is 10.9. The van der Waals surface area contributed by atoms with E-state index in [4.69, 9.17) is 9.47 Å². The van der Waals surface area contributed by atoms with Gasteiger partial charge in [0.1, 0.15) is 0 Å². The van der Waals surface area contributed by atoms with E-state index in [-0.39, 0.29) is 18.2 Å². The van der Waals surface area contributed by atoms with Crippen molar-refractivity contribution in [1.82, 2.24) is 0 Å². The van der Waals surface area contributed by atoms with Crippen LogP contribution in [-0.2, 0) is 9.47 Å². The molecular formula is C14H16BrNO3. The molecule has 0 bridgehead atoms. The first-order valence-corrected chi connectivity index (χ1v) is 7.46. The van der Waals surface area contributed by atoms with Gasteiger partial charge < -0.3 is 14.7 Å². The van der Waals surface area contributed by atoms with Crippen molar-refractivity contribution in [1.29, 1.82) is 0 Å². The third kappa shape index (κ3) is 2.10. The number of halogens is 1. The number of hydrogen-bond acceptors (Lipinski definition) is 3. The average molecular weight is 326 g/mol. The summed E-state index contributed by atoms with van der Waals surface area (Å²) >= 11 is 3.40. The minimum Gasteiger partial charge on any atom is -0.623 e. The molecule has 0 radical (unpaired) electrons. The molecule has 2 aliphatic rings. The van der Waals surface area contributed by atoms with Crippen molar-refractivity contribution in [2.45, 2.75) is 37.9 Å². The number of rotatable bonds is 2. The van der Waals surface area contributed by atoms with Gasteiger partial charge >= 0.3 is 0 Å². The van der Waals surface area contributed by atoms with E-state index >= 15 is 0 Å². The van der Waals surface area contributed by atoms with Crippen molar-refractivity contribution < 1.29 is 14.2 Å². The van der Waals surface area contributed by atoms with Gasteiger partial charge in [-0.2, -0.15) is 4.74 Å². The van der Waals surface area contributed by atoms with Crippen molar-refractivity contribution >= 4 is 21.6 Å². The van der Waals surface area contributed by atoms with E-state index in [2.05, 4.69) is 15.9 Å². The van der Waals surface area contributed by atoms with Crippen molar-refractivity contribution in [2.75, 3.05) is 5.33 Å². The van der Waals surface area contributed by atoms with Gasteiger partial charge in [0.2, 0.25) is 11.8 Å². The van der Waals surface area contributed by atoms with Crippen LogP contribution < -0.4 is 0 Å². The molecule has 2 heterocycles. The van der Waals surface area contributed by atoms with Crippen LogP contribution in [0.4, 0.5) is 0 Å². The first-order valence-electron chi connectivity index (χ1n) is 6.34. The molecule has 1 saturated heterocycles. The predicted molar refractivity (Wildman–Crippen MR) is 75.6 cm³/mol. The number of benzene rings is 1. The second-order valence-corrected chi connectivity index (χ2v) is 5.97. The first-order chi connectivity index (χ1) is 9.03. The maximum absolute atomic E-state index is 12.5. The second kappa shape index (κ2) is 4.58. The summed E-state index contributed by atoms with van der Waals surface area (Å²) in [4.78, 5) is 0. The molecule has 0 amide bonds. The number of nitrogens with zero attached hydrogens (tertiary/aromatic N) is 1. The summed E-state index contributed by atoms with van der Waals surface area (Å²) in [6.45, 7) is 3.77. The SMILES string of the molecule is CC1(C)O[C@H]2[C@@H](O1)C(c1ccccc1)=[N+]([O-])[C@H]2CBr. The van der Waals surface area contributed by atoms with E-state index in [1.54, 1.807) is 0 Å². The second-order valence-electron chi connectivity index (χ2n) is 5.32. The highest BCUT2D eigenvalue weighted by atomic mass is 79.9. The molecule has 3 rings (SSSR count). The monoisotopic (exact) mass is 325 g/mol. The van der Waals surface area contributed by atoms with Gasteiger partial charge in [0, 0.05) is 5.56 Å². The van der Waals surface area contributed by atoms with E-state index in [0.717, 1.165) is 10.3 Å². The topological polar surface area (TPSA) is 44.5 Å². The highest BCUT2D eigenvalue weighted by molar-refractivity contribution is 9.09. The van der Waals surface area contributed by atoms with E-state index in [0.29, 0.717) is 11.0 Å². The average Bonchev–Trinajstić information content (AvgIpc) is 2.79. The molecule has 1 aromatic rings. The summed E-state index contributed by atoms with van der Waals surface area (Å²) in [7, 11) is 0. The third-order valence-electron chi connectivity index (χ3n) is 3.54. The van der Waals surface area contributed by atoms with Gasteiger partial charge in [-0.15, -0.1) is 0 Å². The molecule has 0 saturated carbocycles. The summed E-state index contributed by atoms with van der Waals surface area (Å²) < 4.78 is 12.8. The number of fused-ring (bicyclic) bond motifs is 1. The van der Waals surface area contributed by atoms with Crippen molar-refractivity contribution in [3.8, 4) is 0 Å². The molecule has 4 nitrogen and oxygen atoms in total. The molecule has 0 spiro atoms. The predicted octanol–water partition coefficient (Wildman–Crippen LogP) is 2.28. The number of alkyl halides is 1. The van der Waals surface area contributed by atoms with Crippen LogP contribution in [0.25, 0.3) is 0 Å². The van der Waals surface area contributed by atoms with Crippen LogP contribution in [0.3, 0.4) is 0 Å². The Morgan fingerprint density at radius 2 is 1.95 bits per heavy atom. The molecule has 5 heteroatoms. The van der Waals surface area contributed by atoms with Crippen LogP contribution in [0, 0.1) is 5.21 Å². The Bertz CT molecular complexity index is 515. The van der Waals surface area contributed by atoms with Crippen LogP contribution in [0.2, 0.25) is 0 Å². The van der Waals surface area contributed by atoms with Crippen molar-refractivity contribution in [2.24, 2.45) is 0 Å². The van der Waals surface area contributed by atoms with Gasteiger partial charge in [-0.05, 0) is 26.0 Å². The minimum atomic E-state index is -0.642. The van der Waals surface area contributed by atoms with Crippen LogP contribution in [-0.4, -0.2) is 39.8 Å². The molecule has 3 atom stereocenters. The van der Waals surface area contributed by atoms with Gasteiger partial charge in [-0.1, -0.05) is 34.1 Å². The Kier molecular flexibility index (Phi) is 3.15. The van der Waals surface area contributed by atoms with E-state index in [1.165, 1.54) is 0 Å². The lowest BCUT2D eigenvalue weighted by Gasteiger charge is -2.21. The van der Waals surface area contributed by atoms with Crippen LogP contribution in [0.1, 0.15) is 19.4 Å². The highest BCUT2D eigenvalue weighted by Gasteiger charge is 2.57. The number of hydrogen-bond donors (Lipinski definition) is 0. The fraction of sp³-hybridized carbons (Fsp3) is 0.500. The fourth-order valence-electron chi connectivity index (χ4n) is 2.77. The quantitative estimate of drug-likeness (QED) is 0.476. The van der Waals surface area contributed by atoms with Gasteiger partial charge in [0.15, 0.2) is 18.0 Å². The zero-order valence-corrected chi connectivity index (χ0v) is 12.5. The lowest BCUT2D eigenvalue weighted by atomic mass is 10.0. The van der Waals surface area contributed by atoms with Gasteiger partial charge in [-0.25, -0.2) is 0 Å². The van der Waals surface area contributed by atoms with Gasteiger partial charge in [0.25, 0.3) is 0 Å². The summed E-state index contributed by atoms with van der Waals surface area (Å²) in [6.07, 6.45) is -0.514. The molecule has 19 heavy (non-hydrogen) atoms. The Labute approximate surface area is 120 Å². The third-order valence-corrected chi connectivity index (χ3v) is 4.21. The Balaban J connectivity index is 2.04. The summed E-state index contributed by atoms with van der Waals surface area (Å²) in [5.41, 5.74) is 1.57. The molecule has 0 aromatic heterocycles. The van der Waals surface area contributed by atoms with Crippen molar-refractivity contribution in [3.05, 3.63) is 41.1 Å². The van der Waals surface area contributed by atoms with E-state index in [1.807, 2.05) is 44.2 Å². The van der Waals surface area contributed by atoms with Crippen LogP contribution in [0.5, 0.6) is 0 Å². The molecular weight excluding hydrogens is 310 g/mol. The Morgan fingerprint density at radius 1 is 1.26 bits per heavy atom. The summed E-state index contributed by atoms with van der Waals surface area (Å²) in [5, 5.41) is 13.0. The molecule has 102 valence electrons. The maximum Gasteiger partial charge on any atom is 0.227 e. The number of hydroxylamine groups is 1. The molecule has 0 unspecified atom stereocenters. The molecule has 1 aromatic carbocycles. The van der Waals surface area contributed by atoms with Crippen molar-refractivity contribution in [3.63, 3.8) is 0 Å². The molecule has 2 aliphatic heterocycles. The standard InChI is InChI=1S/C14H16BrNO3/c1-14(2)18-12-10(8-15)16(17)11(13(12)19-14)9-6-4-3-5-7-9/h3-7,10,12-13H,8H2,1-2H3/t10-,12+,13-/m0/s1. The summed E-state index contributed by atoms with van der Waals surface area (Å²) in [6, 6.07) is 9.40. The maximum atomic E-state index is 12.5. The van der Waals surface area contributed by atoms with Crippen LogP contribution in [0.15, 0.2) is 30.3 Å². The van der Waals surface area contributed by atoms with Crippen LogP contribution >= 0.6 is 15.9 Å². The zero-order chi connectivity index (χ0) is 13.6. The minimum absolute atomic E-state index is 0.220. The highest BCUT2D eigenvalue weighted by Crippen LogP contribution is 2.37. The molecule has 1 fully saturated rings. The smallest absolute Gasteiger partial charge is 0.227 e. The largest absolute Gasteiger partial charge is 0.623 e. The Hall–Kier alpha value is -0.910. The van der Waals surface area contributed by atoms with Gasteiger partial charge in [0.05, 0.1) is 5.33 Å². The lowest BCUT2D eigenvalue weighted by molar-refractivity contribution is -0.498. The lowest BCUT2D eigenvalue weighted by Crippen LogP contribution is -2.35.